The molecule has 0 unspecified atom stereocenters. The van der Waals surface area contributed by atoms with Gasteiger partial charge in [0.15, 0.2) is 0 Å². The number of nitrogens with two attached hydrogens (primary N) is 1. The number of aromatic nitrogens is 1. The average Bonchev–Trinajstić information content (AvgIpc) is 3.17. The lowest BCUT2D eigenvalue weighted by Crippen LogP contribution is -2.19. The summed E-state index contributed by atoms with van der Waals surface area (Å²) in [6, 6.07) is 7.81. The van der Waals surface area contributed by atoms with Crippen LogP contribution in [0.1, 0.15) is 59.8 Å². The maximum absolute atomic E-state index is 14.3. The van der Waals surface area contributed by atoms with Crippen LogP contribution in [0.3, 0.4) is 0 Å². The summed E-state index contributed by atoms with van der Waals surface area (Å²) in [7, 11) is 0. The smallest absolute Gasteiger partial charge is 0.147 e. The fourth-order valence-electron chi connectivity index (χ4n) is 4.95. The number of H-pyrrole nitrogens is 1. The van der Waals surface area contributed by atoms with Crippen molar-refractivity contribution in [3.05, 3.63) is 99.3 Å². The van der Waals surface area contributed by atoms with E-state index in [1.807, 2.05) is 26.8 Å². The molecule has 1 heterocycles. The highest BCUT2D eigenvalue weighted by Crippen LogP contribution is 2.28. The van der Waals surface area contributed by atoms with Crippen LogP contribution in [-0.2, 0) is 12.8 Å². The third-order valence-electron chi connectivity index (χ3n) is 6.99. The van der Waals surface area contributed by atoms with Crippen molar-refractivity contribution in [3.63, 3.8) is 0 Å². The number of hydrogen-bond acceptors (Lipinski definition) is 2. The van der Waals surface area contributed by atoms with Gasteiger partial charge in [-0.05, 0) is 112 Å². The van der Waals surface area contributed by atoms with Gasteiger partial charge in [-0.2, -0.15) is 0 Å². The molecule has 36 heavy (non-hydrogen) atoms. The first kappa shape index (κ1) is 27.0. The molecule has 0 atom stereocenters. The lowest BCUT2D eigenvalue weighted by molar-refractivity contribution is 0.637. The molecule has 0 aliphatic carbocycles. The molecule has 4 nitrogen and oxygen atoms in total. The first-order valence-electron chi connectivity index (χ1n) is 12.5. The number of hydrogen-bond donors (Lipinski definition) is 3. The Labute approximate surface area is 214 Å². The molecule has 4 N–H and O–H groups in total. The van der Waals surface area contributed by atoms with Gasteiger partial charge in [-0.15, -0.1) is 0 Å². The third-order valence-corrected chi connectivity index (χ3v) is 6.99. The molecule has 0 saturated heterocycles. The predicted octanol–water partition coefficient (Wildman–Crippen LogP) is 7.11. The van der Waals surface area contributed by atoms with Crippen molar-refractivity contribution >= 4 is 22.3 Å². The van der Waals surface area contributed by atoms with Crippen molar-refractivity contribution < 1.29 is 4.39 Å². The number of aromatic amines is 1. The van der Waals surface area contributed by atoms with Gasteiger partial charge in [-0.3, -0.25) is 4.99 Å². The van der Waals surface area contributed by atoms with Crippen LogP contribution >= 0.6 is 0 Å². The summed E-state index contributed by atoms with van der Waals surface area (Å²) in [5.41, 5.74) is 18.1. The quantitative estimate of drug-likeness (QED) is 0.171. The van der Waals surface area contributed by atoms with Crippen molar-refractivity contribution in [3.8, 4) is 0 Å². The number of allylic oxidation sites excluding steroid dienone is 2. The zero-order valence-electron chi connectivity index (χ0n) is 22.7. The minimum absolute atomic E-state index is 0.233. The molecule has 3 rings (SSSR count). The maximum atomic E-state index is 14.3. The minimum Gasteiger partial charge on any atom is -0.384 e. The molecule has 0 saturated carbocycles. The number of aryl methyl sites for hydroxylation is 4. The van der Waals surface area contributed by atoms with E-state index < -0.39 is 0 Å². The highest BCUT2D eigenvalue weighted by Gasteiger charge is 2.14. The van der Waals surface area contributed by atoms with E-state index in [1.165, 1.54) is 28.3 Å². The summed E-state index contributed by atoms with van der Waals surface area (Å²) in [5, 5.41) is 4.17. The van der Waals surface area contributed by atoms with Gasteiger partial charge < -0.3 is 16.0 Å². The van der Waals surface area contributed by atoms with E-state index in [9.17, 15) is 4.39 Å². The molecule has 0 fully saturated rings. The summed E-state index contributed by atoms with van der Waals surface area (Å²) < 4.78 is 14.3. The molecule has 5 heteroatoms. The van der Waals surface area contributed by atoms with Crippen LogP contribution in [0.5, 0.6) is 0 Å². The first-order valence-corrected chi connectivity index (χ1v) is 12.5. The molecule has 2 aromatic carbocycles. The van der Waals surface area contributed by atoms with E-state index >= 15 is 0 Å². The number of amidine groups is 1. The van der Waals surface area contributed by atoms with Gasteiger partial charge in [0.05, 0.1) is 5.52 Å². The van der Waals surface area contributed by atoms with Crippen molar-refractivity contribution in [1.82, 2.24) is 10.3 Å². The highest BCUT2D eigenvalue weighted by atomic mass is 19.1. The molecule has 0 spiro atoms. The molecule has 3 aromatic rings. The van der Waals surface area contributed by atoms with E-state index in [4.69, 9.17) is 5.73 Å². The summed E-state index contributed by atoms with van der Waals surface area (Å²) in [6.45, 7) is 18.9. The Balaban J connectivity index is 1.88. The van der Waals surface area contributed by atoms with Crippen LogP contribution in [0.4, 0.5) is 4.39 Å². The Morgan fingerprint density at radius 3 is 2.36 bits per heavy atom. The largest absolute Gasteiger partial charge is 0.384 e. The van der Waals surface area contributed by atoms with Gasteiger partial charge in [-0.1, -0.05) is 31.7 Å². The van der Waals surface area contributed by atoms with Crippen LogP contribution in [-0.4, -0.2) is 17.4 Å². The fraction of sp³-hybridized carbons (Fsp3) is 0.323. The van der Waals surface area contributed by atoms with E-state index in [0.29, 0.717) is 24.3 Å². The number of halogens is 1. The molecular weight excluding hydrogens is 447 g/mol. The Morgan fingerprint density at radius 2 is 1.75 bits per heavy atom. The molecule has 0 radical (unpaired) electrons. The number of fused-ring (bicyclic) bond motifs is 1. The van der Waals surface area contributed by atoms with E-state index in [2.05, 4.69) is 67.8 Å². The second-order valence-corrected chi connectivity index (χ2v) is 9.52. The monoisotopic (exact) mass is 486 g/mol. The second-order valence-electron chi connectivity index (χ2n) is 9.52. The topological polar surface area (TPSA) is 66.2 Å². The lowest BCUT2D eigenvalue weighted by Gasteiger charge is -2.14. The van der Waals surface area contributed by atoms with Crippen molar-refractivity contribution in [1.29, 1.82) is 0 Å². The molecule has 0 bridgehead atoms. The Hall–Kier alpha value is -3.60. The van der Waals surface area contributed by atoms with Crippen LogP contribution in [0, 0.1) is 33.5 Å². The third kappa shape index (κ3) is 5.62. The Morgan fingerprint density at radius 1 is 1.08 bits per heavy atom. The van der Waals surface area contributed by atoms with E-state index in [1.54, 1.807) is 6.20 Å². The van der Waals surface area contributed by atoms with Crippen molar-refractivity contribution in [2.75, 3.05) is 6.54 Å². The normalized spacial score (nSPS) is 13.2. The lowest BCUT2D eigenvalue weighted by atomic mass is 9.94. The number of benzene rings is 2. The molecule has 0 amide bonds. The number of aliphatic imine (C=N–C) groups is 1. The number of nitrogens with zero attached hydrogens (tertiary/aromatic N) is 1. The Kier molecular flexibility index (Phi) is 8.57. The van der Waals surface area contributed by atoms with Gasteiger partial charge in [-0.25, -0.2) is 4.39 Å². The van der Waals surface area contributed by atoms with Crippen LogP contribution < -0.4 is 11.1 Å². The van der Waals surface area contributed by atoms with Gasteiger partial charge >= 0.3 is 0 Å². The Bertz CT molecular complexity index is 1360. The summed E-state index contributed by atoms with van der Waals surface area (Å²) in [5.74, 6) is 0.237. The molecule has 1 aromatic heterocycles. The number of rotatable bonds is 9. The standard InChI is InChI=1S/C31H39FN4/c1-9-25-20(5)15-24(16-21(25)6)19(4)17-28(34-10-2)22(7)31(33)35-14-13-26-23(8)36-30-27(32)12-11-18(3)29(26)30/h10-12,15-17,34,36H,2,9,13-14H2,1,3-8H3,(H2,33,35)/b19-17+,28-22?. The van der Waals surface area contributed by atoms with Gasteiger partial charge in [0.2, 0.25) is 0 Å². The van der Waals surface area contributed by atoms with Gasteiger partial charge in [0.25, 0.3) is 0 Å². The second kappa shape index (κ2) is 11.4. The molecular formula is C31H39FN4. The minimum atomic E-state index is -0.233. The SMILES string of the molecule is C=CNC(/C=C(\C)c1cc(C)c(CC)c(C)c1)=C(C)C(N)=NCCc1c(C)[nH]c2c(F)ccc(C)c12. The van der Waals surface area contributed by atoms with Crippen LogP contribution in [0.25, 0.3) is 16.5 Å². The highest BCUT2D eigenvalue weighted by molar-refractivity contribution is 5.98. The van der Waals surface area contributed by atoms with Gasteiger partial charge in [0.1, 0.15) is 11.7 Å². The van der Waals surface area contributed by atoms with Crippen molar-refractivity contribution in [2.45, 2.75) is 61.3 Å². The summed E-state index contributed by atoms with van der Waals surface area (Å²) >= 11 is 0. The predicted molar refractivity (Wildman–Crippen MR) is 153 cm³/mol. The van der Waals surface area contributed by atoms with Crippen LogP contribution in [0.2, 0.25) is 0 Å². The number of nitrogens with one attached hydrogen (secondary N) is 2. The zero-order valence-corrected chi connectivity index (χ0v) is 22.7. The van der Waals surface area contributed by atoms with Crippen molar-refractivity contribution in [2.24, 2.45) is 10.7 Å². The first-order chi connectivity index (χ1) is 17.1. The van der Waals surface area contributed by atoms with Gasteiger partial charge in [0, 0.05) is 28.9 Å². The fourth-order valence-corrected chi connectivity index (χ4v) is 4.95. The van der Waals surface area contributed by atoms with Crippen LogP contribution in [0.15, 0.2) is 59.4 Å². The zero-order chi connectivity index (χ0) is 26.6. The summed E-state index contributed by atoms with van der Waals surface area (Å²) in [4.78, 5) is 7.85. The molecule has 0 aliphatic rings. The molecule has 0 aliphatic heterocycles. The van der Waals surface area contributed by atoms with E-state index in [-0.39, 0.29) is 5.82 Å². The maximum Gasteiger partial charge on any atom is 0.147 e. The molecule has 190 valence electrons. The average molecular weight is 487 g/mol. The van der Waals surface area contributed by atoms with E-state index in [0.717, 1.165) is 45.5 Å². The summed E-state index contributed by atoms with van der Waals surface area (Å²) in [6.07, 6.45) is 5.45.